The molecule has 8 nitrogen and oxygen atoms in total. The molecule has 0 bridgehead atoms. The van der Waals surface area contributed by atoms with E-state index in [1.54, 1.807) is 45.9 Å². The molecule has 11 heteroatoms. The Labute approximate surface area is 184 Å². The quantitative estimate of drug-likeness (QED) is 0.538. The molecule has 1 aliphatic heterocycles. The first-order valence-electron chi connectivity index (χ1n) is 10.2. The zero-order chi connectivity index (χ0) is 24.1. The minimum Gasteiger partial charge on any atom is -0.479 e. The van der Waals surface area contributed by atoms with Crippen LogP contribution in [0.3, 0.4) is 0 Å². The summed E-state index contributed by atoms with van der Waals surface area (Å²) in [6.07, 6.45) is -5.15. The normalized spacial score (nSPS) is 16.8. The van der Waals surface area contributed by atoms with Crippen LogP contribution in [0.15, 0.2) is 18.2 Å². The van der Waals surface area contributed by atoms with E-state index in [-0.39, 0.29) is 18.9 Å². The van der Waals surface area contributed by atoms with Gasteiger partial charge >= 0.3 is 18.2 Å². The lowest BCUT2D eigenvalue weighted by Gasteiger charge is -2.27. The number of amides is 3. The average molecular weight is 459 g/mol. The van der Waals surface area contributed by atoms with Crippen molar-refractivity contribution in [2.24, 2.45) is 0 Å². The highest BCUT2D eigenvalue weighted by molar-refractivity contribution is 5.97. The molecule has 32 heavy (non-hydrogen) atoms. The van der Waals surface area contributed by atoms with Crippen LogP contribution in [0.5, 0.6) is 5.75 Å². The number of hydrogen-bond donors (Lipinski definition) is 3. The zero-order valence-electron chi connectivity index (χ0n) is 18.4. The van der Waals surface area contributed by atoms with Crippen LogP contribution in [0.25, 0.3) is 0 Å². The van der Waals surface area contributed by atoms with Gasteiger partial charge in [-0.15, -0.1) is 0 Å². The van der Waals surface area contributed by atoms with Crippen molar-refractivity contribution < 1.29 is 37.0 Å². The third-order valence-electron chi connectivity index (χ3n) is 4.49. The summed E-state index contributed by atoms with van der Waals surface area (Å²) in [6.45, 7) is 6.63. The molecule has 2 unspecified atom stereocenters. The first-order chi connectivity index (χ1) is 14.8. The highest BCUT2D eigenvalue weighted by atomic mass is 19.4. The third kappa shape index (κ3) is 7.61. The van der Waals surface area contributed by atoms with Gasteiger partial charge in [0, 0.05) is 6.54 Å². The van der Waals surface area contributed by atoms with Crippen molar-refractivity contribution in [3.63, 3.8) is 0 Å². The summed E-state index contributed by atoms with van der Waals surface area (Å²) in [4.78, 5) is 35.1. The molecule has 0 fully saturated rings. The van der Waals surface area contributed by atoms with Crippen LogP contribution in [0.1, 0.15) is 58.6 Å². The maximum atomic E-state index is 12.3. The number of halogens is 3. The number of alkyl carbamates (subject to hydrolysis) is 1. The number of fused-ring (bicyclic) bond motifs is 1. The standard InChI is InChI=1S/C21H28F3N3O5/c1-12-17(28)26-15-11-13(8-9-16(15)31-12)14(27-19(30)32-20(2,3)4)7-5-6-10-25-18(29)21(22,23)24/h8-9,11-12,14H,5-7,10H2,1-4H3,(H,25,29)(H,26,28)(H,27,30). The average Bonchev–Trinajstić information content (AvgIpc) is 2.65. The largest absolute Gasteiger partial charge is 0.479 e. The number of hydrogen-bond acceptors (Lipinski definition) is 5. The number of anilines is 1. The lowest BCUT2D eigenvalue weighted by atomic mass is 9.99. The molecule has 0 spiro atoms. The Morgan fingerprint density at radius 2 is 1.91 bits per heavy atom. The SMILES string of the molecule is CC1Oc2ccc(C(CCCCNC(=O)C(F)(F)F)NC(=O)OC(C)(C)C)cc2NC1=O. The first kappa shape index (κ1) is 25.3. The Bertz CT molecular complexity index is 852. The summed E-state index contributed by atoms with van der Waals surface area (Å²) in [5, 5.41) is 7.31. The number of benzene rings is 1. The van der Waals surface area contributed by atoms with Crippen LogP contribution >= 0.6 is 0 Å². The van der Waals surface area contributed by atoms with Crippen molar-refractivity contribution in [3.05, 3.63) is 23.8 Å². The summed E-state index contributed by atoms with van der Waals surface area (Å²) >= 11 is 0. The highest BCUT2D eigenvalue weighted by Gasteiger charge is 2.38. The number of carbonyl (C=O) groups excluding carboxylic acids is 3. The van der Waals surface area contributed by atoms with Gasteiger partial charge in [-0.2, -0.15) is 13.2 Å². The van der Waals surface area contributed by atoms with E-state index in [2.05, 4.69) is 10.6 Å². The van der Waals surface area contributed by atoms with Gasteiger partial charge in [-0.1, -0.05) is 6.07 Å². The zero-order valence-corrected chi connectivity index (χ0v) is 18.4. The smallest absolute Gasteiger partial charge is 0.471 e. The number of rotatable bonds is 7. The maximum Gasteiger partial charge on any atom is 0.471 e. The molecule has 0 aliphatic carbocycles. The van der Waals surface area contributed by atoms with Gasteiger partial charge in [0.25, 0.3) is 5.91 Å². The van der Waals surface area contributed by atoms with Gasteiger partial charge in [0.2, 0.25) is 0 Å². The van der Waals surface area contributed by atoms with Gasteiger partial charge in [0.15, 0.2) is 6.10 Å². The second-order valence-electron chi connectivity index (χ2n) is 8.45. The van der Waals surface area contributed by atoms with Gasteiger partial charge in [-0.3, -0.25) is 9.59 Å². The monoisotopic (exact) mass is 459 g/mol. The predicted octanol–water partition coefficient (Wildman–Crippen LogP) is 3.82. The summed E-state index contributed by atoms with van der Waals surface area (Å²) in [6, 6.07) is 4.54. The van der Waals surface area contributed by atoms with Crippen LogP contribution in [-0.2, 0) is 14.3 Å². The van der Waals surface area contributed by atoms with E-state index >= 15 is 0 Å². The van der Waals surface area contributed by atoms with Crippen molar-refractivity contribution >= 4 is 23.6 Å². The Morgan fingerprint density at radius 1 is 1.22 bits per heavy atom. The fourth-order valence-corrected chi connectivity index (χ4v) is 2.99. The first-order valence-corrected chi connectivity index (χ1v) is 10.2. The predicted molar refractivity (Wildman–Crippen MR) is 110 cm³/mol. The summed E-state index contributed by atoms with van der Waals surface area (Å²) in [5.74, 6) is -1.79. The maximum absolute atomic E-state index is 12.3. The van der Waals surface area contributed by atoms with Crippen LogP contribution in [0.4, 0.5) is 23.7 Å². The van der Waals surface area contributed by atoms with E-state index in [1.807, 2.05) is 5.32 Å². The van der Waals surface area contributed by atoms with Crippen molar-refractivity contribution in [1.29, 1.82) is 0 Å². The van der Waals surface area contributed by atoms with Crippen molar-refractivity contribution in [3.8, 4) is 5.75 Å². The molecule has 0 saturated carbocycles. The Morgan fingerprint density at radius 3 is 2.53 bits per heavy atom. The third-order valence-corrected chi connectivity index (χ3v) is 4.49. The number of alkyl halides is 3. The molecule has 1 aromatic rings. The van der Waals surface area contributed by atoms with E-state index in [1.165, 1.54) is 0 Å². The molecule has 1 aromatic carbocycles. The number of unbranched alkanes of at least 4 members (excludes halogenated alkanes) is 1. The minimum atomic E-state index is -4.92. The molecule has 2 rings (SSSR count). The van der Waals surface area contributed by atoms with Crippen molar-refractivity contribution in [2.45, 2.75) is 70.9 Å². The molecule has 3 amide bonds. The number of nitrogens with one attached hydrogen (secondary N) is 3. The highest BCUT2D eigenvalue weighted by Crippen LogP contribution is 2.33. The lowest BCUT2D eigenvalue weighted by Crippen LogP contribution is -2.37. The Kier molecular flexibility index (Phi) is 7.97. The van der Waals surface area contributed by atoms with E-state index in [9.17, 15) is 27.6 Å². The van der Waals surface area contributed by atoms with Crippen molar-refractivity contribution in [1.82, 2.24) is 10.6 Å². The fraction of sp³-hybridized carbons (Fsp3) is 0.571. The Hall–Kier alpha value is -2.98. The minimum absolute atomic E-state index is 0.149. The second kappa shape index (κ2) is 10.1. The van der Waals surface area contributed by atoms with Crippen LogP contribution in [0, 0.1) is 0 Å². The van der Waals surface area contributed by atoms with E-state index < -0.39 is 35.9 Å². The number of carbonyl (C=O) groups is 3. The fourth-order valence-electron chi connectivity index (χ4n) is 2.99. The molecule has 1 heterocycles. The Balaban J connectivity index is 2.06. The lowest BCUT2D eigenvalue weighted by molar-refractivity contribution is -0.173. The van der Waals surface area contributed by atoms with E-state index in [0.29, 0.717) is 29.8 Å². The molecular weight excluding hydrogens is 431 g/mol. The van der Waals surface area contributed by atoms with Crippen molar-refractivity contribution in [2.75, 3.05) is 11.9 Å². The summed E-state index contributed by atoms with van der Waals surface area (Å²) < 4.78 is 47.6. The molecule has 1 aliphatic rings. The summed E-state index contributed by atoms with van der Waals surface area (Å²) in [7, 11) is 0. The van der Waals surface area contributed by atoms with Gasteiger partial charge in [-0.25, -0.2) is 4.79 Å². The second-order valence-corrected chi connectivity index (χ2v) is 8.45. The van der Waals surface area contributed by atoms with Gasteiger partial charge in [0.05, 0.1) is 11.7 Å². The molecule has 2 atom stereocenters. The molecule has 0 saturated heterocycles. The van der Waals surface area contributed by atoms with E-state index in [0.717, 1.165) is 0 Å². The van der Waals surface area contributed by atoms with Crippen LogP contribution in [0.2, 0.25) is 0 Å². The van der Waals surface area contributed by atoms with Crippen LogP contribution < -0.4 is 20.7 Å². The van der Waals surface area contributed by atoms with Gasteiger partial charge in [0.1, 0.15) is 11.4 Å². The molecule has 3 N–H and O–H groups in total. The number of ether oxygens (including phenoxy) is 2. The van der Waals surface area contributed by atoms with E-state index in [4.69, 9.17) is 9.47 Å². The van der Waals surface area contributed by atoms with Crippen LogP contribution in [-0.4, -0.2) is 42.3 Å². The van der Waals surface area contributed by atoms with Gasteiger partial charge in [-0.05, 0) is 64.7 Å². The molecule has 0 aromatic heterocycles. The molecule has 0 radical (unpaired) electrons. The summed E-state index contributed by atoms with van der Waals surface area (Å²) in [5.41, 5.74) is 0.399. The molecule has 178 valence electrons. The topological polar surface area (TPSA) is 106 Å². The van der Waals surface area contributed by atoms with Gasteiger partial charge < -0.3 is 25.4 Å². The molecular formula is C21H28F3N3O5.